The van der Waals surface area contributed by atoms with E-state index in [2.05, 4.69) is 15.1 Å². The van der Waals surface area contributed by atoms with Crippen LogP contribution in [0, 0.1) is 5.41 Å². The van der Waals surface area contributed by atoms with Crippen molar-refractivity contribution in [1.82, 2.24) is 15.1 Å². The van der Waals surface area contributed by atoms with Gasteiger partial charge in [-0.25, -0.2) is 0 Å². The number of piperidine rings is 1. The lowest BCUT2D eigenvalue weighted by molar-refractivity contribution is -0.150. The van der Waals surface area contributed by atoms with E-state index in [1.807, 2.05) is 0 Å². The lowest BCUT2D eigenvalue weighted by atomic mass is 9.80. The molecule has 0 aliphatic carbocycles. The van der Waals surface area contributed by atoms with Crippen molar-refractivity contribution in [3.05, 3.63) is 24.3 Å². The van der Waals surface area contributed by atoms with Crippen LogP contribution in [0.25, 0.3) is 11.7 Å². The van der Waals surface area contributed by atoms with Gasteiger partial charge in [0.25, 0.3) is 5.89 Å². The Morgan fingerprint density at radius 2 is 2.19 bits per heavy atom. The molecular formula is C14H17N3O4. The van der Waals surface area contributed by atoms with Crippen molar-refractivity contribution in [3.8, 4) is 11.7 Å². The summed E-state index contributed by atoms with van der Waals surface area (Å²) in [6.45, 7) is 3.75. The molecule has 1 N–H and O–H groups in total. The molecule has 0 bridgehead atoms. The van der Waals surface area contributed by atoms with Gasteiger partial charge in [-0.2, -0.15) is 0 Å². The van der Waals surface area contributed by atoms with Gasteiger partial charge in [0, 0.05) is 0 Å². The molecule has 1 saturated heterocycles. The summed E-state index contributed by atoms with van der Waals surface area (Å²) in [6.07, 6.45) is 2.81. The summed E-state index contributed by atoms with van der Waals surface area (Å²) in [5.74, 6) is 0.702. The number of furan rings is 1. The third kappa shape index (κ3) is 2.82. The molecule has 1 aliphatic rings. The molecule has 0 atom stereocenters. The molecular weight excluding hydrogens is 274 g/mol. The highest BCUT2D eigenvalue weighted by atomic mass is 16.4. The normalized spacial score (nSPS) is 18.7. The number of rotatable bonds is 4. The topological polar surface area (TPSA) is 92.6 Å². The van der Waals surface area contributed by atoms with Gasteiger partial charge in [0.2, 0.25) is 5.89 Å². The van der Waals surface area contributed by atoms with Gasteiger partial charge in [0.1, 0.15) is 0 Å². The second kappa shape index (κ2) is 5.33. The first-order chi connectivity index (χ1) is 10.1. The Hall–Kier alpha value is -2.15. The Kier molecular flexibility index (Phi) is 3.50. The summed E-state index contributed by atoms with van der Waals surface area (Å²) < 4.78 is 10.8. The minimum absolute atomic E-state index is 0.363. The summed E-state index contributed by atoms with van der Waals surface area (Å²) in [7, 11) is 0. The molecule has 112 valence electrons. The fourth-order valence-electron chi connectivity index (χ4n) is 2.43. The van der Waals surface area contributed by atoms with Crippen molar-refractivity contribution in [2.45, 2.75) is 26.3 Å². The lowest BCUT2D eigenvalue weighted by Gasteiger charge is -2.35. The van der Waals surface area contributed by atoms with Gasteiger partial charge in [-0.05, 0) is 45.0 Å². The first kappa shape index (κ1) is 13.8. The largest absolute Gasteiger partial charge is 0.481 e. The Balaban J connectivity index is 1.60. The third-order valence-electron chi connectivity index (χ3n) is 4.03. The Morgan fingerprint density at radius 3 is 2.81 bits per heavy atom. The standard InChI is InChI=1S/C14H17N3O4/c1-14(13(18)19)4-6-17(7-5-14)9-11-15-16-12(21-11)10-3-2-8-20-10/h2-3,8H,4-7,9H2,1H3,(H,18,19). The van der Waals surface area contributed by atoms with Crippen molar-refractivity contribution in [2.24, 2.45) is 5.41 Å². The highest BCUT2D eigenvalue weighted by molar-refractivity contribution is 5.74. The van der Waals surface area contributed by atoms with E-state index in [9.17, 15) is 9.90 Å². The molecule has 0 saturated carbocycles. The van der Waals surface area contributed by atoms with Crippen LogP contribution in [0.4, 0.5) is 0 Å². The van der Waals surface area contributed by atoms with E-state index in [4.69, 9.17) is 8.83 Å². The molecule has 0 unspecified atom stereocenters. The van der Waals surface area contributed by atoms with Crippen molar-refractivity contribution in [3.63, 3.8) is 0 Å². The maximum atomic E-state index is 11.2. The second-order valence-electron chi connectivity index (χ2n) is 5.62. The fourth-order valence-corrected chi connectivity index (χ4v) is 2.43. The highest BCUT2D eigenvalue weighted by Gasteiger charge is 2.37. The smallest absolute Gasteiger partial charge is 0.309 e. The van der Waals surface area contributed by atoms with Crippen LogP contribution in [-0.4, -0.2) is 39.3 Å². The number of hydrogen-bond donors (Lipinski definition) is 1. The summed E-state index contributed by atoms with van der Waals surface area (Å²) in [6, 6.07) is 3.52. The van der Waals surface area contributed by atoms with Crippen LogP contribution in [0.2, 0.25) is 0 Å². The van der Waals surface area contributed by atoms with Crippen molar-refractivity contribution in [2.75, 3.05) is 13.1 Å². The molecule has 7 heteroatoms. The van der Waals surface area contributed by atoms with Crippen LogP contribution in [0.3, 0.4) is 0 Å². The highest BCUT2D eigenvalue weighted by Crippen LogP contribution is 2.31. The van der Waals surface area contributed by atoms with E-state index in [0.717, 1.165) is 0 Å². The molecule has 1 aliphatic heterocycles. The van der Waals surface area contributed by atoms with Gasteiger partial charge in [-0.3, -0.25) is 9.69 Å². The van der Waals surface area contributed by atoms with Gasteiger partial charge in [-0.1, -0.05) is 0 Å². The molecule has 2 aromatic heterocycles. The predicted molar refractivity (Wildman–Crippen MR) is 72.3 cm³/mol. The zero-order valence-corrected chi connectivity index (χ0v) is 11.8. The molecule has 0 spiro atoms. The monoisotopic (exact) mass is 291 g/mol. The number of carboxylic acids is 1. The quantitative estimate of drug-likeness (QED) is 0.921. The van der Waals surface area contributed by atoms with Crippen LogP contribution in [0.15, 0.2) is 27.2 Å². The Morgan fingerprint density at radius 1 is 1.43 bits per heavy atom. The van der Waals surface area contributed by atoms with Crippen LogP contribution in [0.5, 0.6) is 0 Å². The van der Waals surface area contributed by atoms with Crippen LogP contribution >= 0.6 is 0 Å². The Bertz CT molecular complexity index is 612. The average Bonchev–Trinajstić information content (AvgIpc) is 3.12. The van der Waals surface area contributed by atoms with Crippen LogP contribution in [-0.2, 0) is 11.3 Å². The molecule has 0 radical (unpaired) electrons. The predicted octanol–water partition coefficient (Wildman–Crippen LogP) is 2.02. The van der Waals surface area contributed by atoms with Gasteiger partial charge in [0.05, 0.1) is 18.2 Å². The first-order valence-electron chi connectivity index (χ1n) is 6.89. The fraction of sp³-hybridized carbons (Fsp3) is 0.500. The molecule has 1 fully saturated rings. The third-order valence-corrected chi connectivity index (χ3v) is 4.03. The second-order valence-corrected chi connectivity index (χ2v) is 5.62. The number of aliphatic carboxylic acids is 1. The number of carbonyl (C=O) groups is 1. The van der Waals surface area contributed by atoms with E-state index < -0.39 is 11.4 Å². The summed E-state index contributed by atoms with van der Waals surface area (Å²) in [5.41, 5.74) is -0.620. The van der Waals surface area contributed by atoms with E-state index in [0.29, 0.717) is 50.0 Å². The van der Waals surface area contributed by atoms with E-state index in [1.54, 1.807) is 25.3 Å². The van der Waals surface area contributed by atoms with Gasteiger partial charge in [0.15, 0.2) is 5.76 Å². The SMILES string of the molecule is CC1(C(=O)O)CCN(Cc2nnc(-c3ccco3)o2)CC1. The molecule has 3 heterocycles. The average molecular weight is 291 g/mol. The zero-order valence-electron chi connectivity index (χ0n) is 11.8. The van der Waals surface area contributed by atoms with E-state index in [1.165, 1.54) is 0 Å². The summed E-state index contributed by atoms with van der Waals surface area (Å²) in [5, 5.41) is 17.2. The van der Waals surface area contributed by atoms with Gasteiger partial charge < -0.3 is 13.9 Å². The molecule has 7 nitrogen and oxygen atoms in total. The summed E-state index contributed by atoms with van der Waals surface area (Å²) in [4.78, 5) is 13.3. The molecule has 0 aromatic carbocycles. The van der Waals surface area contributed by atoms with Gasteiger partial charge in [-0.15, -0.1) is 10.2 Å². The number of hydrogen-bond acceptors (Lipinski definition) is 6. The molecule has 3 rings (SSSR count). The number of likely N-dealkylation sites (tertiary alicyclic amines) is 1. The zero-order chi connectivity index (χ0) is 14.9. The lowest BCUT2D eigenvalue weighted by Crippen LogP contribution is -2.42. The van der Waals surface area contributed by atoms with Gasteiger partial charge >= 0.3 is 5.97 Å². The van der Waals surface area contributed by atoms with Crippen LogP contribution in [0.1, 0.15) is 25.7 Å². The van der Waals surface area contributed by atoms with Crippen molar-refractivity contribution in [1.29, 1.82) is 0 Å². The number of aromatic nitrogens is 2. The maximum Gasteiger partial charge on any atom is 0.309 e. The first-order valence-corrected chi connectivity index (χ1v) is 6.89. The summed E-state index contributed by atoms with van der Waals surface area (Å²) >= 11 is 0. The van der Waals surface area contributed by atoms with E-state index >= 15 is 0 Å². The number of carboxylic acid groups (broad SMARTS) is 1. The van der Waals surface area contributed by atoms with Crippen LogP contribution < -0.4 is 0 Å². The van der Waals surface area contributed by atoms with E-state index in [-0.39, 0.29) is 0 Å². The Labute approximate surface area is 121 Å². The minimum atomic E-state index is -0.722. The minimum Gasteiger partial charge on any atom is -0.481 e. The molecule has 2 aromatic rings. The van der Waals surface area contributed by atoms with Crippen molar-refractivity contribution >= 4 is 5.97 Å². The maximum absolute atomic E-state index is 11.2. The molecule has 0 amide bonds. The number of nitrogens with zero attached hydrogens (tertiary/aromatic N) is 3. The molecule has 21 heavy (non-hydrogen) atoms. The van der Waals surface area contributed by atoms with Crippen molar-refractivity contribution < 1.29 is 18.7 Å².